The number of nitrogens with one attached hydrogen (secondary N) is 1. The highest BCUT2D eigenvalue weighted by Crippen LogP contribution is 2.26. The van der Waals surface area contributed by atoms with E-state index in [0.717, 1.165) is 38.3 Å². The molecule has 2 fully saturated rings. The monoisotopic (exact) mass is 420 g/mol. The molecule has 0 spiro atoms. The second-order valence-electron chi connectivity index (χ2n) is 9.03. The highest BCUT2D eigenvalue weighted by Gasteiger charge is 2.32. The third kappa shape index (κ3) is 4.67. The summed E-state index contributed by atoms with van der Waals surface area (Å²) >= 11 is 0. The van der Waals surface area contributed by atoms with E-state index >= 15 is 0 Å². The quantitative estimate of drug-likeness (QED) is 0.781. The minimum atomic E-state index is -3.49. The van der Waals surface area contributed by atoms with Gasteiger partial charge < -0.3 is 9.80 Å². The van der Waals surface area contributed by atoms with Crippen LogP contribution in [0.1, 0.15) is 43.7 Å². The summed E-state index contributed by atoms with van der Waals surface area (Å²) in [5.74, 6) is 0.937. The van der Waals surface area contributed by atoms with Gasteiger partial charge in [0.1, 0.15) is 0 Å². The number of nitrogens with zero attached hydrogens (tertiary/aromatic N) is 2. The van der Waals surface area contributed by atoms with Crippen LogP contribution in [0.25, 0.3) is 0 Å². The van der Waals surface area contributed by atoms with E-state index in [-0.39, 0.29) is 5.91 Å². The van der Waals surface area contributed by atoms with Gasteiger partial charge in [0, 0.05) is 26.2 Å². The fraction of sp³-hybridized carbons (Fsp3) is 0.682. The number of sulfonamides is 1. The molecule has 6 nitrogen and oxygen atoms in total. The second kappa shape index (κ2) is 8.74. The van der Waals surface area contributed by atoms with Crippen LogP contribution in [0.4, 0.5) is 0 Å². The smallest absolute Gasteiger partial charge is 0.277 e. The zero-order chi connectivity index (χ0) is 20.4. The maximum Gasteiger partial charge on any atom is 0.277 e. The molecule has 0 atom stereocenters. The Morgan fingerprint density at radius 2 is 1.69 bits per heavy atom. The van der Waals surface area contributed by atoms with Crippen molar-refractivity contribution in [3.63, 3.8) is 0 Å². The average Bonchev–Trinajstić information content (AvgIpc) is 2.75. The Hall–Kier alpha value is -1.44. The van der Waals surface area contributed by atoms with E-state index in [4.69, 9.17) is 0 Å². The van der Waals surface area contributed by atoms with Gasteiger partial charge in [-0.1, -0.05) is 13.0 Å². The third-order valence-corrected chi connectivity index (χ3v) is 8.83. The fourth-order valence-corrected chi connectivity index (χ4v) is 6.34. The number of piperidine rings is 1. The summed E-state index contributed by atoms with van der Waals surface area (Å²) in [6.45, 7) is 6.72. The first kappa shape index (κ1) is 20.8. The Morgan fingerprint density at radius 3 is 2.38 bits per heavy atom. The lowest BCUT2D eigenvalue weighted by atomic mass is 9.92. The van der Waals surface area contributed by atoms with Crippen LogP contribution in [-0.4, -0.2) is 69.3 Å². The molecule has 0 unspecified atom stereocenters. The molecule has 1 aromatic rings. The number of quaternary nitrogens is 1. The molecule has 2 saturated heterocycles. The predicted molar refractivity (Wildman–Crippen MR) is 112 cm³/mol. The molecular formula is C22H34N3O3S+. The first-order valence-corrected chi connectivity index (χ1v) is 12.6. The molecule has 1 aliphatic carbocycles. The van der Waals surface area contributed by atoms with Crippen LogP contribution >= 0.6 is 0 Å². The summed E-state index contributed by atoms with van der Waals surface area (Å²) in [5.41, 5.74) is 2.48. The number of rotatable bonds is 4. The molecule has 2 heterocycles. The van der Waals surface area contributed by atoms with Crippen molar-refractivity contribution < 1.29 is 18.1 Å². The third-order valence-electron chi connectivity index (χ3n) is 6.93. The van der Waals surface area contributed by atoms with Crippen LogP contribution in [0, 0.1) is 5.92 Å². The van der Waals surface area contributed by atoms with Gasteiger partial charge in [0.05, 0.1) is 18.0 Å². The van der Waals surface area contributed by atoms with E-state index < -0.39 is 10.0 Å². The number of aryl methyl sites for hydroxylation is 2. The molecular weight excluding hydrogens is 386 g/mol. The SMILES string of the molecule is CC1CC[NH+](CC(=O)N2CCN(S(=O)(=O)c3ccc4c(c3)CCCC4)CC2)CC1. The van der Waals surface area contributed by atoms with Crippen molar-refractivity contribution >= 4 is 15.9 Å². The fourth-order valence-electron chi connectivity index (χ4n) is 4.87. The van der Waals surface area contributed by atoms with Crippen molar-refractivity contribution in [3.05, 3.63) is 29.3 Å². The maximum atomic E-state index is 13.1. The molecule has 1 N–H and O–H groups in total. The lowest BCUT2D eigenvalue weighted by Gasteiger charge is -2.35. The number of hydrogen-bond acceptors (Lipinski definition) is 3. The topological polar surface area (TPSA) is 62.1 Å². The summed E-state index contributed by atoms with van der Waals surface area (Å²) in [6.07, 6.45) is 6.72. The molecule has 4 rings (SSSR count). The zero-order valence-electron chi connectivity index (χ0n) is 17.5. The summed E-state index contributed by atoms with van der Waals surface area (Å²) in [7, 11) is -3.49. The van der Waals surface area contributed by atoms with E-state index in [1.807, 2.05) is 17.0 Å². The van der Waals surface area contributed by atoms with Crippen molar-refractivity contribution in [1.29, 1.82) is 0 Å². The van der Waals surface area contributed by atoms with Crippen molar-refractivity contribution in [3.8, 4) is 0 Å². The van der Waals surface area contributed by atoms with Gasteiger partial charge in [-0.2, -0.15) is 4.31 Å². The van der Waals surface area contributed by atoms with Gasteiger partial charge >= 0.3 is 0 Å². The average molecular weight is 421 g/mol. The Kier molecular flexibility index (Phi) is 6.27. The van der Waals surface area contributed by atoms with Gasteiger partial charge in [-0.3, -0.25) is 4.79 Å². The number of benzene rings is 1. The van der Waals surface area contributed by atoms with E-state index in [0.29, 0.717) is 37.6 Å². The first-order chi connectivity index (χ1) is 13.9. The van der Waals surface area contributed by atoms with E-state index in [9.17, 15) is 13.2 Å². The summed E-state index contributed by atoms with van der Waals surface area (Å²) in [4.78, 5) is 16.3. The van der Waals surface area contributed by atoms with Gasteiger partial charge in [-0.05, 0) is 67.7 Å². The molecule has 0 bridgehead atoms. The number of amides is 1. The minimum absolute atomic E-state index is 0.167. The van der Waals surface area contributed by atoms with Gasteiger partial charge in [0.25, 0.3) is 5.91 Å². The van der Waals surface area contributed by atoms with Crippen LogP contribution in [0.15, 0.2) is 23.1 Å². The van der Waals surface area contributed by atoms with Crippen LogP contribution in [0.2, 0.25) is 0 Å². The second-order valence-corrected chi connectivity index (χ2v) is 11.0. The lowest BCUT2D eigenvalue weighted by molar-refractivity contribution is -0.898. The van der Waals surface area contributed by atoms with Crippen LogP contribution < -0.4 is 4.90 Å². The maximum absolute atomic E-state index is 13.1. The van der Waals surface area contributed by atoms with Gasteiger partial charge in [-0.25, -0.2) is 8.42 Å². The molecule has 0 saturated carbocycles. The molecule has 1 amide bonds. The van der Waals surface area contributed by atoms with Gasteiger partial charge in [0.15, 0.2) is 6.54 Å². The van der Waals surface area contributed by atoms with E-state index in [1.165, 1.54) is 35.3 Å². The highest BCUT2D eigenvalue weighted by molar-refractivity contribution is 7.89. The van der Waals surface area contributed by atoms with Crippen molar-refractivity contribution in [2.75, 3.05) is 45.8 Å². The van der Waals surface area contributed by atoms with Crippen LogP contribution in [0.3, 0.4) is 0 Å². The number of piperazine rings is 1. The summed E-state index contributed by atoms with van der Waals surface area (Å²) in [5, 5.41) is 0. The molecule has 1 aromatic carbocycles. The Bertz CT molecular complexity index is 839. The normalized spacial score (nSPS) is 26.2. The number of likely N-dealkylation sites (tertiary alicyclic amines) is 1. The largest absolute Gasteiger partial charge is 0.335 e. The van der Waals surface area contributed by atoms with E-state index in [2.05, 4.69) is 6.92 Å². The molecule has 7 heteroatoms. The number of carbonyl (C=O) groups is 1. The number of carbonyl (C=O) groups excluding carboxylic acids is 1. The Balaban J connectivity index is 1.34. The van der Waals surface area contributed by atoms with E-state index in [1.54, 1.807) is 10.4 Å². The van der Waals surface area contributed by atoms with Crippen molar-refractivity contribution in [2.45, 2.75) is 50.3 Å². The van der Waals surface area contributed by atoms with Gasteiger partial charge in [-0.15, -0.1) is 0 Å². The highest BCUT2D eigenvalue weighted by atomic mass is 32.2. The molecule has 0 aromatic heterocycles. The summed E-state index contributed by atoms with van der Waals surface area (Å²) < 4.78 is 27.8. The number of hydrogen-bond donors (Lipinski definition) is 1. The Morgan fingerprint density at radius 1 is 1.03 bits per heavy atom. The Labute approximate surface area is 174 Å². The molecule has 2 aliphatic heterocycles. The lowest BCUT2D eigenvalue weighted by Crippen LogP contribution is -3.14. The molecule has 0 radical (unpaired) electrons. The predicted octanol–water partition coefficient (Wildman–Crippen LogP) is 0.713. The van der Waals surface area contributed by atoms with Crippen molar-refractivity contribution in [1.82, 2.24) is 9.21 Å². The van der Waals surface area contributed by atoms with Gasteiger partial charge in [0.2, 0.25) is 10.0 Å². The zero-order valence-corrected chi connectivity index (χ0v) is 18.3. The standard InChI is InChI=1S/C22H33N3O3S/c1-18-8-10-23(11-9-18)17-22(26)24-12-14-25(15-13-24)29(27,28)21-7-6-19-4-2-3-5-20(19)16-21/h6-7,16,18H,2-5,8-15,17H2,1H3/p+1. The van der Waals surface area contributed by atoms with Crippen molar-refractivity contribution in [2.24, 2.45) is 5.92 Å². The van der Waals surface area contributed by atoms with Crippen LogP contribution in [-0.2, 0) is 27.7 Å². The molecule has 3 aliphatic rings. The first-order valence-electron chi connectivity index (χ1n) is 11.2. The summed E-state index contributed by atoms with van der Waals surface area (Å²) in [6, 6.07) is 5.63. The molecule has 29 heavy (non-hydrogen) atoms. The molecule has 160 valence electrons. The minimum Gasteiger partial charge on any atom is -0.335 e. The number of fused-ring (bicyclic) bond motifs is 1. The van der Waals surface area contributed by atoms with Crippen LogP contribution in [0.5, 0.6) is 0 Å².